The molecule has 1 unspecified atom stereocenters. The molecule has 0 radical (unpaired) electrons. The SMILES string of the molecule is Cl.OCCNc1nc(NCC2CCCO2)nc2ccccc12. The monoisotopic (exact) mass is 324 g/mol. The molecule has 1 atom stereocenters. The fourth-order valence-electron chi connectivity index (χ4n) is 2.48. The lowest BCUT2D eigenvalue weighted by molar-refractivity contribution is 0.120. The Labute approximate surface area is 135 Å². The van der Waals surface area contributed by atoms with Gasteiger partial charge < -0.3 is 20.5 Å². The van der Waals surface area contributed by atoms with E-state index in [1.807, 2.05) is 24.3 Å². The summed E-state index contributed by atoms with van der Waals surface area (Å²) in [7, 11) is 0. The average molecular weight is 325 g/mol. The summed E-state index contributed by atoms with van der Waals surface area (Å²) in [6.07, 6.45) is 2.44. The number of nitrogens with zero attached hydrogens (tertiary/aromatic N) is 2. The molecule has 2 heterocycles. The number of anilines is 2. The Hall–Kier alpha value is -1.63. The van der Waals surface area contributed by atoms with Crippen molar-refractivity contribution in [1.29, 1.82) is 0 Å². The topological polar surface area (TPSA) is 79.3 Å². The van der Waals surface area contributed by atoms with Gasteiger partial charge in [-0.2, -0.15) is 4.98 Å². The Bertz CT molecular complexity index is 605. The molecule has 0 aliphatic carbocycles. The van der Waals surface area contributed by atoms with Crippen LogP contribution >= 0.6 is 12.4 Å². The van der Waals surface area contributed by atoms with Crippen LogP contribution in [0.15, 0.2) is 24.3 Å². The minimum atomic E-state index is 0. The fourth-order valence-corrected chi connectivity index (χ4v) is 2.48. The largest absolute Gasteiger partial charge is 0.395 e. The number of aliphatic hydroxyl groups is 1. The van der Waals surface area contributed by atoms with Crippen LogP contribution in [0.1, 0.15) is 12.8 Å². The maximum atomic E-state index is 8.98. The van der Waals surface area contributed by atoms with Gasteiger partial charge in [0.1, 0.15) is 5.82 Å². The van der Waals surface area contributed by atoms with Crippen molar-refractivity contribution in [2.24, 2.45) is 0 Å². The third-order valence-electron chi connectivity index (χ3n) is 3.52. The van der Waals surface area contributed by atoms with Crippen LogP contribution < -0.4 is 10.6 Å². The molecule has 22 heavy (non-hydrogen) atoms. The van der Waals surface area contributed by atoms with E-state index >= 15 is 0 Å². The molecule has 1 fully saturated rings. The molecular weight excluding hydrogens is 304 g/mol. The van der Waals surface area contributed by atoms with Gasteiger partial charge in [0.25, 0.3) is 0 Å². The summed E-state index contributed by atoms with van der Waals surface area (Å²) in [4.78, 5) is 9.02. The molecule has 120 valence electrons. The van der Waals surface area contributed by atoms with Crippen LogP contribution in [0.4, 0.5) is 11.8 Å². The smallest absolute Gasteiger partial charge is 0.225 e. The lowest BCUT2D eigenvalue weighted by Crippen LogP contribution is -2.20. The third kappa shape index (κ3) is 3.97. The van der Waals surface area contributed by atoms with Gasteiger partial charge in [-0.25, -0.2) is 4.98 Å². The number of ether oxygens (including phenoxy) is 1. The van der Waals surface area contributed by atoms with Crippen molar-refractivity contribution in [3.05, 3.63) is 24.3 Å². The molecule has 1 saturated heterocycles. The van der Waals surface area contributed by atoms with Crippen LogP contribution in [-0.2, 0) is 4.74 Å². The molecule has 2 aromatic rings. The predicted molar refractivity (Wildman–Crippen MR) is 89.8 cm³/mol. The number of fused-ring (bicyclic) bond motifs is 1. The molecule has 6 nitrogen and oxygen atoms in total. The molecule has 1 aliphatic rings. The summed E-state index contributed by atoms with van der Waals surface area (Å²) in [5.74, 6) is 1.33. The zero-order valence-corrected chi connectivity index (χ0v) is 13.1. The maximum Gasteiger partial charge on any atom is 0.225 e. The number of aliphatic hydroxyl groups excluding tert-OH is 1. The molecular formula is C15H21ClN4O2. The highest BCUT2D eigenvalue weighted by molar-refractivity contribution is 5.90. The van der Waals surface area contributed by atoms with E-state index in [9.17, 15) is 0 Å². The zero-order chi connectivity index (χ0) is 14.5. The Balaban J connectivity index is 0.00000176. The van der Waals surface area contributed by atoms with E-state index in [0.29, 0.717) is 12.5 Å². The van der Waals surface area contributed by atoms with Crippen LogP contribution in [0.5, 0.6) is 0 Å². The summed E-state index contributed by atoms with van der Waals surface area (Å²) in [6, 6.07) is 7.83. The molecule has 0 saturated carbocycles. The number of para-hydroxylation sites is 1. The Kier molecular flexibility index (Phi) is 6.18. The van der Waals surface area contributed by atoms with E-state index in [4.69, 9.17) is 9.84 Å². The first-order valence-electron chi connectivity index (χ1n) is 7.34. The van der Waals surface area contributed by atoms with Crippen LogP contribution in [-0.4, -0.2) is 47.5 Å². The van der Waals surface area contributed by atoms with Crippen molar-refractivity contribution in [3.63, 3.8) is 0 Å². The van der Waals surface area contributed by atoms with E-state index in [2.05, 4.69) is 20.6 Å². The zero-order valence-electron chi connectivity index (χ0n) is 12.3. The molecule has 7 heteroatoms. The lowest BCUT2D eigenvalue weighted by Gasteiger charge is -2.13. The van der Waals surface area contributed by atoms with Gasteiger partial charge in [-0.3, -0.25) is 0 Å². The molecule has 3 N–H and O–H groups in total. The molecule has 0 bridgehead atoms. The van der Waals surface area contributed by atoms with Gasteiger partial charge in [-0.05, 0) is 25.0 Å². The standard InChI is InChI=1S/C15H20N4O2.ClH/c20-8-7-16-14-12-5-1-2-6-13(12)18-15(19-14)17-10-11-4-3-9-21-11;/h1-2,5-6,11,20H,3-4,7-10H2,(H2,16,17,18,19);1H. The third-order valence-corrected chi connectivity index (χ3v) is 3.52. The molecule has 1 aliphatic heterocycles. The quantitative estimate of drug-likeness (QED) is 0.754. The van der Waals surface area contributed by atoms with Gasteiger partial charge in [-0.1, -0.05) is 12.1 Å². The van der Waals surface area contributed by atoms with E-state index in [1.165, 1.54) is 0 Å². The molecule has 3 rings (SSSR count). The summed E-state index contributed by atoms with van der Waals surface area (Å²) >= 11 is 0. The van der Waals surface area contributed by atoms with E-state index in [-0.39, 0.29) is 25.1 Å². The second kappa shape index (κ2) is 8.12. The maximum absolute atomic E-state index is 8.98. The van der Waals surface area contributed by atoms with Crippen molar-refractivity contribution in [1.82, 2.24) is 9.97 Å². The van der Waals surface area contributed by atoms with Crippen LogP contribution in [0.3, 0.4) is 0 Å². The van der Waals surface area contributed by atoms with Crippen LogP contribution in [0, 0.1) is 0 Å². The van der Waals surface area contributed by atoms with Gasteiger partial charge in [-0.15, -0.1) is 12.4 Å². The summed E-state index contributed by atoms with van der Waals surface area (Å²) in [5.41, 5.74) is 0.878. The minimum absolute atomic E-state index is 0. The minimum Gasteiger partial charge on any atom is -0.395 e. The molecule has 1 aromatic heterocycles. The Morgan fingerprint density at radius 2 is 2.09 bits per heavy atom. The van der Waals surface area contributed by atoms with Crippen molar-refractivity contribution in [2.75, 3.05) is 36.9 Å². The number of hydrogen-bond donors (Lipinski definition) is 3. The number of benzene rings is 1. The van der Waals surface area contributed by atoms with Gasteiger partial charge >= 0.3 is 0 Å². The van der Waals surface area contributed by atoms with Crippen LogP contribution in [0.25, 0.3) is 10.9 Å². The average Bonchev–Trinajstić information content (AvgIpc) is 3.04. The second-order valence-electron chi connectivity index (χ2n) is 5.08. The van der Waals surface area contributed by atoms with Crippen molar-refractivity contribution >= 4 is 35.1 Å². The molecule has 0 spiro atoms. The lowest BCUT2D eigenvalue weighted by atomic mass is 10.2. The predicted octanol–water partition coefficient (Wildman–Crippen LogP) is 2.05. The highest BCUT2D eigenvalue weighted by Crippen LogP contribution is 2.22. The normalized spacial score (nSPS) is 17.2. The summed E-state index contributed by atoms with van der Waals surface area (Å²) in [5, 5.41) is 16.3. The first-order chi connectivity index (χ1) is 10.4. The van der Waals surface area contributed by atoms with Crippen molar-refractivity contribution in [3.8, 4) is 0 Å². The van der Waals surface area contributed by atoms with E-state index in [1.54, 1.807) is 0 Å². The van der Waals surface area contributed by atoms with Crippen LogP contribution in [0.2, 0.25) is 0 Å². The van der Waals surface area contributed by atoms with E-state index in [0.717, 1.165) is 42.7 Å². The summed E-state index contributed by atoms with van der Waals surface area (Å²) < 4.78 is 5.59. The highest BCUT2D eigenvalue weighted by atomic mass is 35.5. The van der Waals surface area contributed by atoms with Gasteiger partial charge in [0.05, 0.1) is 18.2 Å². The molecule has 0 amide bonds. The number of rotatable bonds is 6. The van der Waals surface area contributed by atoms with Crippen molar-refractivity contribution in [2.45, 2.75) is 18.9 Å². The first-order valence-corrected chi connectivity index (χ1v) is 7.34. The summed E-state index contributed by atoms with van der Waals surface area (Å²) in [6.45, 7) is 2.09. The highest BCUT2D eigenvalue weighted by Gasteiger charge is 2.16. The van der Waals surface area contributed by atoms with Gasteiger partial charge in [0, 0.05) is 25.1 Å². The number of nitrogens with one attached hydrogen (secondary N) is 2. The second-order valence-corrected chi connectivity index (χ2v) is 5.08. The Morgan fingerprint density at radius 3 is 2.86 bits per heavy atom. The number of hydrogen-bond acceptors (Lipinski definition) is 6. The van der Waals surface area contributed by atoms with Gasteiger partial charge in [0.2, 0.25) is 5.95 Å². The van der Waals surface area contributed by atoms with Crippen molar-refractivity contribution < 1.29 is 9.84 Å². The Morgan fingerprint density at radius 1 is 1.23 bits per heavy atom. The van der Waals surface area contributed by atoms with Gasteiger partial charge in [0.15, 0.2) is 0 Å². The first kappa shape index (κ1) is 16.7. The number of aromatic nitrogens is 2. The van der Waals surface area contributed by atoms with E-state index < -0.39 is 0 Å². The molecule has 1 aromatic carbocycles. The number of halogens is 1. The fraction of sp³-hybridized carbons (Fsp3) is 0.467.